The van der Waals surface area contributed by atoms with Crippen LogP contribution in [0, 0.1) is 0 Å². The lowest BCUT2D eigenvalue weighted by molar-refractivity contribution is 0.0824. The molecular weight excluding hydrogens is 438 g/mol. The molecule has 164 valence electrons. The van der Waals surface area contributed by atoms with Crippen LogP contribution in [0.25, 0.3) is 32.2 Å². The monoisotopic (exact) mass is 457 g/mol. The average molecular weight is 458 g/mol. The van der Waals surface area contributed by atoms with E-state index in [4.69, 9.17) is 0 Å². The minimum Gasteiger partial charge on any atom is -0.507 e. The number of phenolic OH excluding ortho intramolecular Hbond substituents is 1. The first-order valence-electron chi connectivity index (χ1n) is 10.1. The number of thiophene rings is 1. The Morgan fingerprint density at radius 3 is 2.76 bits per heavy atom. The number of aromatic nitrogens is 3. The molecule has 0 saturated carbocycles. The van der Waals surface area contributed by atoms with Crippen LogP contribution in [0.15, 0.2) is 61.2 Å². The Morgan fingerprint density at radius 2 is 1.94 bits per heavy atom. The molecule has 0 radical (unpaired) electrons. The summed E-state index contributed by atoms with van der Waals surface area (Å²) in [4.78, 5) is 39.0. The zero-order chi connectivity index (χ0) is 23.1. The van der Waals surface area contributed by atoms with E-state index in [1.807, 2.05) is 24.4 Å². The SMILES string of the molecule is CN(C)C(=O)c1cc(NC(=O)c2cc3c(-c4cnc5[nH]ccc5c4)cncc3s2)ccc1O. The second-order valence-electron chi connectivity index (χ2n) is 7.73. The number of anilines is 1. The lowest BCUT2D eigenvalue weighted by Gasteiger charge is -2.13. The average Bonchev–Trinajstić information content (AvgIpc) is 3.46. The normalized spacial score (nSPS) is 11.1. The van der Waals surface area contributed by atoms with Crippen LogP contribution in [-0.2, 0) is 0 Å². The Bertz CT molecular complexity index is 1540. The van der Waals surface area contributed by atoms with Gasteiger partial charge in [-0.25, -0.2) is 4.98 Å². The summed E-state index contributed by atoms with van der Waals surface area (Å²) in [5.74, 6) is -0.804. The summed E-state index contributed by atoms with van der Waals surface area (Å²) >= 11 is 1.33. The topological polar surface area (TPSA) is 111 Å². The lowest BCUT2D eigenvalue weighted by atomic mass is 10.1. The highest BCUT2D eigenvalue weighted by molar-refractivity contribution is 7.21. The maximum absolute atomic E-state index is 13.0. The molecule has 4 heterocycles. The standard InChI is InChI=1S/C24H19N5O3S/c1-29(2)24(32)17-8-15(3-4-19(17)30)28-23(31)20-9-16-18(11-25-12-21(16)33-20)14-7-13-5-6-26-22(13)27-10-14/h3-12,30H,1-2H3,(H,26,27)(H,28,31). The molecule has 3 N–H and O–H groups in total. The van der Waals surface area contributed by atoms with Gasteiger partial charge in [0, 0.05) is 66.5 Å². The van der Waals surface area contributed by atoms with E-state index in [9.17, 15) is 14.7 Å². The van der Waals surface area contributed by atoms with Gasteiger partial charge in [-0.05, 0) is 36.4 Å². The van der Waals surface area contributed by atoms with Crippen molar-refractivity contribution in [1.29, 1.82) is 0 Å². The van der Waals surface area contributed by atoms with Crippen LogP contribution in [-0.4, -0.2) is 50.9 Å². The van der Waals surface area contributed by atoms with Crippen molar-refractivity contribution in [2.45, 2.75) is 0 Å². The predicted octanol–water partition coefficient (Wildman–Crippen LogP) is 4.50. The van der Waals surface area contributed by atoms with Crippen LogP contribution in [0.4, 0.5) is 5.69 Å². The van der Waals surface area contributed by atoms with Gasteiger partial charge in [0.25, 0.3) is 11.8 Å². The molecule has 8 nitrogen and oxygen atoms in total. The van der Waals surface area contributed by atoms with Gasteiger partial charge in [-0.2, -0.15) is 0 Å². The van der Waals surface area contributed by atoms with E-state index in [1.54, 1.807) is 38.8 Å². The summed E-state index contributed by atoms with van der Waals surface area (Å²) in [6.07, 6.45) is 7.13. The fourth-order valence-corrected chi connectivity index (χ4v) is 4.56. The Kier molecular flexibility index (Phi) is 5.02. The van der Waals surface area contributed by atoms with Crippen molar-refractivity contribution in [3.8, 4) is 16.9 Å². The fourth-order valence-electron chi connectivity index (χ4n) is 3.61. The minimum atomic E-state index is -0.353. The first-order valence-corrected chi connectivity index (χ1v) is 10.9. The van der Waals surface area contributed by atoms with Crippen LogP contribution in [0.1, 0.15) is 20.0 Å². The van der Waals surface area contributed by atoms with Crippen molar-refractivity contribution in [1.82, 2.24) is 19.9 Å². The molecule has 0 bridgehead atoms. The zero-order valence-corrected chi connectivity index (χ0v) is 18.6. The Morgan fingerprint density at radius 1 is 1.09 bits per heavy atom. The Balaban J connectivity index is 1.47. The van der Waals surface area contributed by atoms with E-state index in [0.717, 1.165) is 32.2 Å². The number of benzene rings is 1. The van der Waals surface area contributed by atoms with E-state index in [-0.39, 0.29) is 23.1 Å². The van der Waals surface area contributed by atoms with E-state index < -0.39 is 0 Å². The number of amides is 2. The quantitative estimate of drug-likeness (QED) is 0.344. The molecule has 0 saturated heterocycles. The van der Waals surface area contributed by atoms with Crippen molar-refractivity contribution in [3.63, 3.8) is 0 Å². The number of phenols is 1. The molecule has 0 aliphatic rings. The largest absolute Gasteiger partial charge is 0.507 e. The number of rotatable bonds is 4. The summed E-state index contributed by atoms with van der Waals surface area (Å²) in [6.45, 7) is 0. The van der Waals surface area contributed by atoms with Crippen LogP contribution >= 0.6 is 11.3 Å². The summed E-state index contributed by atoms with van der Waals surface area (Å²) in [5.41, 5.74) is 3.15. The highest BCUT2D eigenvalue weighted by Gasteiger charge is 2.17. The van der Waals surface area contributed by atoms with E-state index in [0.29, 0.717) is 10.6 Å². The third-order valence-corrected chi connectivity index (χ3v) is 6.34. The van der Waals surface area contributed by atoms with Gasteiger partial charge in [-0.1, -0.05) is 0 Å². The van der Waals surface area contributed by atoms with Crippen molar-refractivity contribution in [2.24, 2.45) is 0 Å². The van der Waals surface area contributed by atoms with Crippen LogP contribution in [0.5, 0.6) is 5.75 Å². The minimum absolute atomic E-state index is 0.119. The van der Waals surface area contributed by atoms with Gasteiger partial charge in [-0.15, -0.1) is 11.3 Å². The number of aromatic amines is 1. The maximum atomic E-state index is 13.0. The molecule has 0 spiro atoms. The Hall–Kier alpha value is -4.24. The number of nitrogens with zero attached hydrogens (tertiary/aromatic N) is 3. The first kappa shape index (κ1) is 20.7. The molecule has 1 aromatic carbocycles. The van der Waals surface area contributed by atoms with Gasteiger partial charge >= 0.3 is 0 Å². The van der Waals surface area contributed by atoms with Crippen molar-refractivity contribution < 1.29 is 14.7 Å². The number of pyridine rings is 2. The molecule has 0 unspecified atom stereocenters. The second-order valence-corrected chi connectivity index (χ2v) is 8.82. The molecule has 2 amide bonds. The molecular formula is C24H19N5O3S. The predicted molar refractivity (Wildman–Crippen MR) is 129 cm³/mol. The molecule has 4 aromatic heterocycles. The van der Waals surface area contributed by atoms with Crippen LogP contribution < -0.4 is 5.32 Å². The molecule has 33 heavy (non-hydrogen) atoms. The van der Waals surface area contributed by atoms with E-state index in [1.165, 1.54) is 28.4 Å². The zero-order valence-electron chi connectivity index (χ0n) is 17.8. The lowest BCUT2D eigenvalue weighted by Crippen LogP contribution is -2.22. The maximum Gasteiger partial charge on any atom is 0.265 e. The molecule has 0 aliphatic heterocycles. The van der Waals surface area contributed by atoms with Crippen LogP contribution in [0.2, 0.25) is 0 Å². The molecule has 5 aromatic rings. The number of fused-ring (bicyclic) bond motifs is 2. The molecule has 0 atom stereocenters. The van der Waals surface area contributed by atoms with Gasteiger partial charge < -0.3 is 20.3 Å². The highest BCUT2D eigenvalue weighted by atomic mass is 32.1. The van der Waals surface area contributed by atoms with Gasteiger partial charge in [0.2, 0.25) is 0 Å². The number of hydrogen-bond acceptors (Lipinski definition) is 6. The number of carbonyl (C=O) groups excluding carboxylic acids is 2. The molecule has 0 fully saturated rings. The summed E-state index contributed by atoms with van der Waals surface area (Å²) < 4.78 is 0.876. The number of nitrogens with one attached hydrogen (secondary N) is 2. The first-order chi connectivity index (χ1) is 15.9. The van der Waals surface area contributed by atoms with E-state index in [2.05, 4.69) is 20.3 Å². The highest BCUT2D eigenvalue weighted by Crippen LogP contribution is 2.34. The van der Waals surface area contributed by atoms with Crippen molar-refractivity contribution >= 4 is 50.0 Å². The van der Waals surface area contributed by atoms with Crippen molar-refractivity contribution in [3.05, 3.63) is 71.6 Å². The second kappa shape index (κ2) is 8.03. The molecule has 5 rings (SSSR count). The third kappa shape index (κ3) is 3.79. The number of carbonyl (C=O) groups is 2. The summed E-state index contributed by atoms with van der Waals surface area (Å²) in [7, 11) is 3.19. The van der Waals surface area contributed by atoms with Gasteiger partial charge in [0.15, 0.2) is 0 Å². The van der Waals surface area contributed by atoms with Crippen molar-refractivity contribution in [2.75, 3.05) is 19.4 Å². The summed E-state index contributed by atoms with van der Waals surface area (Å²) in [5, 5.41) is 14.7. The van der Waals surface area contributed by atoms with Crippen LogP contribution in [0.3, 0.4) is 0 Å². The third-order valence-electron chi connectivity index (χ3n) is 5.27. The summed E-state index contributed by atoms with van der Waals surface area (Å²) in [6, 6.07) is 10.2. The van der Waals surface area contributed by atoms with Gasteiger partial charge in [0.05, 0.1) is 15.1 Å². The van der Waals surface area contributed by atoms with E-state index >= 15 is 0 Å². The molecule has 9 heteroatoms. The van der Waals surface area contributed by atoms with Gasteiger partial charge in [-0.3, -0.25) is 14.6 Å². The Labute approximate surface area is 192 Å². The van der Waals surface area contributed by atoms with Gasteiger partial charge in [0.1, 0.15) is 11.4 Å². The molecule has 0 aliphatic carbocycles. The number of H-pyrrole nitrogens is 1. The number of hydrogen-bond donors (Lipinski definition) is 3. The fraction of sp³-hybridized carbons (Fsp3) is 0.0833. The smallest absolute Gasteiger partial charge is 0.265 e. The number of aromatic hydroxyl groups is 1.